The zero-order valence-corrected chi connectivity index (χ0v) is 16.9. The molecule has 0 unspecified atom stereocenters. The molecule has 0 bridgehead atoms. The molecule has 0 aromatic carbocycles. The molecule has 0 atom stereocenters. The summed E-state index contributed by atoms with van der Waals surface area (Å²) < 4.78 is 5.05. The van der Waals surface area contributed by atoms with Crippen LogP contribution in [0.3, 0.4) is 0 Å². The molecule has 9 nitrogen and oxygen atoms in total. The summed E-state index contributed by atoms with van der Waals surface area (Å²) in [6.07, 6.45) is 1.54. The van der Waals surface area contributed by atoms with Gasteiger partial charge in [0.2, 0.25) is 5.91 Å². The highest BCUT2D eigenvalue weighted by atomic mass is 16.6. The van der Waals surface area contributed by atoms with E-state index in [0.29, 0.717) is 25.7 Å². The van der Waals surface area contributed by atoms with E-state index in [2.05, 4.69) is 20.5 Å². The maximum absolute atomic E-state index is 11.8. The number of hydrogen-bond acceptors (Lipinski definition) is 5. The van der Waals surface area contributed by atoms with Crippen molar-refractivity contribution < 1.29 is 14.3 Å². The van der Waals surface area contributed by atoms with Gasteiger partial charge >= 0.3 is 6.09 Å². The zero-order valence-electron chi connectivity index (χ0n) is 16.9. The monoisotopic (exact) mass is 382 g/mol. The van der Waals surface area contributed by atoms with Crippen LogP contribution in [-0.4, -0.2) is 105 Å². The molecule has 0 spiro atoms. The molecule has 2 fully saturated rings. The molecule has 27 heavy (non-hydrogen) atoms. The number of piperazine rings is 1. The number of hydrogen-bond donors (Lipinski definition) is 2. The summed E-state index contributed by atoms with van der Waals surface area (Å²) in [6, 6.07) is 0.306. The van der Waals surface area contributed by atoms with Crippen LogP contribution in [-0.2, 0) is 9.53 Å². The third-order valence-electron chi connectivity index (χ3n) is 5.12. The Morgan fingerprint density at radius 2 is 1.74 bits per heavy atom. The van der Waals surface area contributed by atoms with Crippen LogP contribution in [0.15, 0.2) is 4.99 Å². The Labute approximate surface area is 162 Å². The minimum Gasteiger partial charge on any atom is -0.450 e. The van der Waals surface area contributed by atoms with E-state index in [1.807, 2.05) is 11.8 Å². The van der Waals surface area contributed by atoms with Gasteiger partial charge in [-0.05, 0) is 19.8 Å². The number of ether oxygens (including phenoxy) is 1. The van der Waals surface area contributed by atoms with Crippen LogP contribution >= 0.6 is 0 Å². The first-order chi connectivity index (χ1) is 13.0. The van der Waals surface area contributed by atoms with Crippen molar-refractivity contribution in [3.8, 4) is 0 Å². The summed E-state index contributed by atoms with van der Waals surface area (Å²) in [4.78, 5) is 33.4. The molecule has 0 aromatic rings. The lowest BCUT2D eigenvalue weighted by molar-refractivity contribution is -0.130. The third-order valence-corrected chi connectivity index (χ3v) is 5.12. The van der Waals surface area contributed by atoms with Crippen molar-refractivity contribution >= 4 is 18.0 Å². The van der Waals surface area contributed by atoms with E-state index in [-0.39, 0.29) is 12.0 Å². The summed E-state index contributed by atoms with van der Waals surface area (Å²) in [5.41, 5.74) is 0. The van der Waals surface area contributed by atoms with Crippen molar-refractivity contribution in [1.82, 2.24) is 25.3 Å². The predicted molar refractivity (Wildman–Crippen MR) is 105 cm³/mol. The summed E-state index contributed by atoms with van der Waals surface area (Å²) in [5.74, 6) is 0.957. The minimum absolute atomic E-state index is 0.159. The van der Waals surface area contributed by atoms with Crippen LogP contribution in [0.2, 0.25) is 0 Å². The number of aliphatic imine (C=N–C) groups is 1. The van der Waals surface area contributed by atoms with Crippen molar-refractivity contribution in [2.75, 3.05) is 66.0 Å². The Bertz CT molecular complexity index is 511. The van der Waals surface area contributed by atoms with Crippen molar-refractivity contribution in [3.63, 3.8) is 0 Å². The van der Waals surface area contributed by atoms with E-state index in [0.717, 1.165) is 58.1 Å². The maximum atomic E-state index is 11.8. The van der Waals surface area contributed by atoms with Gasteiger partial charge in [0, 0.05) is 72.4 Å². The van der Waals surface area contributed by atoms with Gasteiger partial charge in [-0.3, -0.25) is 14.7 Å². The van der Waals surface area contributed by atoms with Gasteiger partial charge in [-0.25, -0.2) is 4.79 Å². The fourth-order valence-electron chi connectivity index (χ4n) is 3.43. The number of rotatable bonds is 5. The molecule has 2 rings (SSSR count). The quantitative estimate of drug-likeness (QED) is 0.511. The lowest BCUT2D eigenvalue weighted by Crippen LogP contribution is -2.52. The number of carbonyl (C=O) groups is 2. The molecule has 0 radical (unpaired) electrons. The number of amides is 2. The topological polar surface area (TPSA) is 89.5 Å². The van der Waals surface area contributed by atoms with Crippen LogP contribution in [0, 0.1) is 0 Å². The highest BCUT2D eigenvalue weighted by Gasteiger charge is 2.24. The highest BCUT2D eigenvalue weighted by molar-refractivity contribution is 5.80. The van der Waals surface area contributed by atoms with Gasteiger partial charge in [0.15, 0.2) is 5.96 Å². The van der Waals surface area contributed by atoms with Gasteiger partial charge in [0.1, 0.15) is 0 Å². The van der Waals surface area contributed by atoms with E-state index in [1.54, 1.807) is 18.9 Å². The second-order valence-corrected chi connectivity index (χ2v) is 6.95. The Morgan fingerprint density at radius 3 is 2.30 bits per heavy atom. The minimum atomic E-state index is -0.219. The average Bonchev–Trinajstić information content (AvgIpc) is 2.68. The van der Waals surface area contributed by atoms with Gasteiger partial charge in [0.05, 0.1) is 6.61 Å². The SMILES string of the molecule is CCOC(=O)N1CCC(NC(=NC)NCCN2CCN(C(C)=O)CC2)CC1. The Morgan fingerprint density at radius 1 is 1.07 bits per heavy atom. The summed E-state index contributed by atoms with van der Waals surface area (Å²) in [5, 5.41) is 6.81. The number of nitrogens with one attached hydrogen (secondary N) is 2. The molecule has 2 N–H and O–H groups in total. The van der Waals surface area contributed by atoms with Gasteiger partial charge < -0.3 is 25.2 Å². The van der Waals surface area contributed by atoms with E-state index in [1.165, 1.54) is 0 Å². The van der Waals surface area contributed by atoms with Crippen LogP contribution < -0.4 is 10.6 Å². The van der Waals surface area contributed by atoms with Gasteiger partial charge in [-0.2, -0.15) is 0 Å². The first-order valence-corrected chi connectivity index (χ1v) is 9.90. The Balaban J connectivity index is 1.63. The van der Waals surface area contributed by atoms with Crippen molar-refractivity contribution in [2.24, 2.45) is 4.99 Å². The average molecular weight is 383 g/mol. The molecule has 2 heterocycles. The van der Waals surface area contributed by atoms with Crippen molar-refractivity contribution in [2.45, 2.75) is 32.7 Å². The number of piperidine rings is 1. The van der Waals surface area contributed by atoms with Gasteiger partial charge in [-0.15, -0.1) is 0 Å². The van der Waals surface area contributed by atoms with Crippen molar-refractivity contribution in [3.05, 3.63) is 0 Å². The largest absolute Gasteiger partial charge is 0.450 e. The van der Waals surface area contributed by atoms with Crippen LogP contribution in [0.25, 0.3) is 0 Å². The Hall–Kier alpha value is -2.03. The third kappa shape index (κ3) is 6.89. The summed E-state index contributed by atoms with van der Waals surface area (Å²) in [6.45, 7) is 10.4. The molecule has 154 valence electrons. The second kappa shape index (κ2) is 11.0. The van der Waals surface area contributed by atoms with Gasteiger partial charge in [0.25, 0.3) is 0 Å². The van der Waals surface area contributed by atoms with Crippen LogP contribution in [0.1, 0.15) is 26.7 Å². The normalized spacial score (nSPS) is 19.7. The molecule has 0 aromatic heterocycles. The van der Waals surface area contributed by atoms with Crippen LogP contribution in [0.5, 0.6) is 0 Å². The number of guanidine groups is 1. The molecule has 9 heteroatoms. The van der Waals surface area contributed by atoms with E-state index in [4.69, 9.17) is 4.74 Å². The molecule has 2 aliphatic heterocycles. The molecular weight excluding hydrogens is 348 g/mol. The highest BCUT2D eigenvalue weighted by Crippen LogP contribution is 2.11. The number of likely N-dealkylation sites (tertiary alicyclic amines) is 1. The molecule has 0 saturated carbocycles. The first kappa shape index (κ1) is 21.3. The van der Waals surface area contributed by atoms with Crippen molar-refractivity contribution in [1.29, 1.82) is 0 Å². The number of nitrogens with zero attached hydrogens (tertiary/aromatic N) is 4. The van der Waals surface area contributed by atoms with Gasteiger partial charge in [-0.1, -0.05) is 0 Å². The fourth-order valence-corrected chi connectivity index (χ4v) is 3.43. The second-order valence-electron chi connectivity index (χ2n) is 6.95. The summed E-state index contributed by atoms with van der Waals surface area (Å²) >= 11 is 0. The Kier molecular flexibility index (Phi) is 8.63. The van der Waals surface area contributed by atoms with E-state index >= 15 is 0 Å². The molecule has 2 aliphatic rings. The lowest BCUT2D eigenvalue weighted by Gasteiger charge is -2.34. The molecular formula is C18H34N6O3. The van der Waals surface area contributed by atoms with Crippen LogP contribution in [0.4, 0.5) is 4.79 Å². The standard InChI is InChI=1S/C18H34N6O3/c1-4-27-18(26)24-8-5-16(6-9-24)21-17(19-3)20-7-10-22-11-13-23(14-12-22)15(2)25/h16H,4-14H2,1-3H3,(H2,19,20,21). The first-order valence-electron chi connectivity index (χ1n) is 9.90. The lowest BCUT2D eigenvalue weighted by atomic mass is 10.1. The van der Waals surface area contributed by atoms with E-state index in [9.17, 15) is 9.59 Å². The maximum Gasteiger partial charge on any atom is 0.409 e. The fraction of sp³-hybridized carbons (Fsp3) is 0.833. The predicted octanol–water partition coefficient (Wildman–Crippen LogP) is -0.0636. The molecule has 2 saturated heterocycles. The molecule has 0 aliphatic carbocycles. The number of carbonyl (C=O) groups excluding carboxylic acids is 2. The smallest absolute Gasteiger partial charge is 0.409 e. The molecule has 2 amide bonds. The summed E-state index contributed by atoms with van der Waals surface area (Å²) in [7, 11) is 1.77. The van der Waals surface area contributed by atoms with E-state index < -0.39 is 0 Å². The zero-order chi connectivity index (χ0) is 19.6.